The molecule has 0 bridgehead atoms. The Morgan fingerprint density at radius 2 is 2.54 bits per heavy atom. The van der Waals surface area contributed by atoms with Crippen molar-refractivity contribution >= 4 is 23.8 Å². The molecule has 0 amide bonds. The van der Waals surface area contributed by atoms with E-state index >= 15 is 0 Å². The number of carbonyl (C=O) groups excluding carboxylic acids is 1. The molecule has 4 heteroatoms. The van der Waals surface area contributed by atoms with Gasteiger partial charge in [-0.25, -0.2) is 4.99 Å². The fourth-order valence-corrected chi connectivity index (χ4v) is 1.57. The molecule has 1 aliphatic heterocycles. The molecule has 0 aromatic carbocycles. The smallest absolute Gasteiger partial charge is 0.209 e. The quantitative estimate of drug-likeness (QED) is 0.506. The van der Waals surface area contributed by atoms with E-state index in [0.717, 1.165) is 6.29 Å². The van der Waals surface area contributed by atoms with Crippen LogP contribution in [0.5, 0.6) is 0 Å². The number of aldehydes is 1. The highest BCUT2D eigenvalue weighted by molar-refractivity contribution is 6.35. The van der Waals surface area contributed by atoms with Crippen LogP contribution >= 0.6 is 11.6 Å². The van der Waals surface area contributed by atoms with Gasteiger partial charge >= 0.3 is 0 Å². The summed E-state index contributed by atoms with van der Waals surface area (Å²) in [6.07, 6.45) is 3.46. The molecule has 0 aliphatic carbocycles. The molecule has 3 nitrogen and oxygen atoms in total. The van der Waals surface area contributed by atoms with Crippen molar-refractivity contribution in [2.75, 3.05) is 7.11 Å². The predicted molar refractivity (Wildman–Crippen MR) is 52.1 cm³/mol. The van der Waals surface area contributed by atoms with E-state index < -0.39 is 4.87 Å². The number of carbonyl (C=O) groups is 1. The molecule has 1 unspecified atom stereocenters. The first kappa shape index (κ1) is 10.3. The van der Waals surface area contributed by atoms with Crippen molar-refractivity contribution in [3.05, 3.63) is 11.8 Å². The number of rotatable bonds is 2. The van der Waals surface area contributed by atoms with Crippen LogP contribution in [0.1, 0.15) is 19.8 Å². The SMILES string of the molecule is CCC1(Cl)CC(C=O)=CN=C1OC. The average Bonchev–Trinajstić information content (AvgIpc) is 2.17. The first-order valence-corrected chi connectivity index (χ1v) is 4.49. The first-order chi connectivity index (χ1) is 6.16. The highest BCUT2D eigenvalue weighted by Gasteiger charge is 2.36. The molecule has 0 saturated carbocycles. The summed E-state index contributed by atoms with van der Waals surface area (Å²) in [5.74, 6) is 0.488. The molecule has 13 heavy (non-hydrogen) atoms. The van der Waals surface area contributed by atoms with Crippen LogP contribution in [-0.4, -0.2) is 24.2 Å². The van der Waals surface area contributed by atoms with Crippen molar-refractivity contribution in [3.63, 3.8) is 0 Å². The van der Waals surface area contributed by atoms with Crippen molar-refractivity contribution in [3.8, 4) is 0 Å². The van der Waals surface area contributed by atoms with Gasteiger partial charge in [-0.2, -0.15) is 0 Å². The summed E-state index contributed by atoms with van der Waals surface area (Å²) in [7, 11) is 1.53. The summed E-state index contributed by atoms with van der Waals surface area (Å²) in [6, 6.07) is 0. The lowest BCUT2D eigenvalue weighted by Gasteiger charge is -2.28. The molecule has 1 atom stereocenters. The van der Waals surface area contributed by atoms with Crippen LogP contribution in [-0.2, 0) is 9.53 Å². The van der Waals surface area contributed by atoms with Crippen LogP contribution in [0, 0.1) is 0 Å². The van der Waals surface area contributed by atoms with Crippen molar-refractivity contribution < 1.29 is 9.53 Å². The third-order valence-corrected chi connectivity index (χ3v) is 2.68. The molecule has 0 aromatic rings. The van der Waals surface area contributed by atoms with Gasteiger partial charge in [-0.05, 0) is 6.42 Å². The number of methoxy groups -OCH3 is 1. The number of halogens is 1. The van der Waals surface area contributed by atoms with E-state index in [1.807, 2.05) is 6.92 Å². The Labute approximate surface area is 82.4 Å². The van der Waals surface area contributed by atoms with Crippen molar-refractivity contribution in [2.24, 2.45) is 4.99 Å². The Kier molecular flexibility index (Phi) is 3.09. The highest BCUT2D eigenvalue weighted by Crippen LogP contribution is 2.32. The summed E-state index contributed by atoms with van der Waals surface area (Å²) < 4.78 is 5.05. The van der Waals surface area contributed by atoms with Gasteiger partial charge in [0.1, 0.15) is 11.2 Å². The zero-order chi connectivity index (χ0) is 9.90. The Hall–Kier alpha value is -0.830. The van der Waals surface area contributed by atoms with E-state index in [-0.39, 0.29) is 0 Å². The lowest BCUT2D eigenvalue weighted by molar-refractivity contribution is -0.105. The number of ether oxygens (including phenoxy) is 1. The standard InChI is InChI=1S/C9H12ClNO2/c1-3-9(10)4-7(6-12)5-11-8(9)13-2/h5-6H,3-4H2,1-2H3. The number of allylic oxidation sites excluding steroid dienone is 1. The Morgan fingerprint density at radius 1 is 1.85 bits per heavy atom. The van der Waals surface area contributed by atoms with Gasteiger partial charge in [0.15, 0.2) is 0 Å². The van der Waals surface area contributed by atoms with Crippen molar-refractivity contribution in [2.45, 2.75) is 24.6 Å². The fourth-order valence-electron chi connectivity index (χ4n) is 1.29. The van der Waals surface area contributed by atoms with Gasteiger partial charge in [-0.3, -0.25) is 4.79 Å². The Bertz CT molecular complexity index is 273. The number of hydrogen-bond donors (Lipinski definition) is 0. The third kappa shape index (κ3) is 1.91. The molecule has 0 aromatic heterocycles. The van der Waals surface area contributed by atoms with Gasteiger partial charge in [0.05, 0.1) is 7.11 Å². The second kappa shape index (κ2) is 3.92. The predicted octanol–water partition coefficient (Wildman–Crippen LogP) is 1.91. The first-order valence-electron chi connectivity index (χ1n) is 4.11. The number of aliphatic imine (C=N–C) groups is 1. The van der Waals surface area contributed by atoms with Gasteiger partial charge < -0.3 is 4.74 Å². The summed E-state index contributed by atoms with van der Waals surface area (Å²) in [5, 5.41) is 0. The molecule has 1 rings (SSSR count). The second-order valence-electron chi connectivity index (χ2n) is 2.96. The van der Waals surface area contributed by atoms with Crippen LogP contribution in [0.2, 0.25) is 0 Å². The zero-order valence-electron chi connectivity index (χ0n) is 7.71. The minimum Gasteiger partial charge on any atom is -0.483 e. The van der Waals surface area contributed by atoms with Crippen molar-refractivity contribution in [1.29, 1.82) is 0 Å². The van der Waals surface area contributed by atoms with E-state index in [0.29, 0.717) is 24.3 Å². The normalized spacial score (nSPS) is 27.6. The molecule has 0 radical (unpaired) electrons. The Balaban J connectivity index is 2.96. The molecular formula is C9H12ClNO2. The Morgan fingerprint density at radius 3 is 3.00 bits per heavy atom. The summed E-state index contributed by atoms with van der Waals surface area (Å²) in [5.41, 5.74) is 0.609. The summed E-state index contributed by atoms with van der Waals surface area (Å²) >= 11 is 6.24. The van der Waals surface area contributed by atoms with Gasteiger partial charge in [0.2, 0.25) is 5.90 Å². The molecule has 1 aliphatic rings. The van der Waals surface area contributed by atoms with Gasteiger partial charge in [-0.1, -0.05) is 6.92 Å². The molecule has 72 valence electrons. The maximum absolute atomic E-state index is 10.5. The van der Waals surface area contributed by atoms with E-state index in [1.54, 1.807) is 0 Å². The van der Waals surface area contributed by atoms with E-state index in [1.165, 1.54) is 13.3 Å². The second-order valence-corrected chi connectivity index (χ2v) is 3.68. The fraction of sp³-hybridized carbons (Fsp3) is 0.556. The van der Waals surface area contributed by atoms with E-state index in [2.05, 4.69) is 4.99 Å². The molecular weight excluding hydrogens is 190 g/mol. The molecule has 0 N–H and O–H groups in total. The van der Waals surface area contributed by atoms with Crippen LogP contribution in [0.3, 0.4) is 0 Å². The third-order valence-electron chi connectivity index (χ3n) is 2.12. The number of hydrogen-bond acceptors (Lipinski definition) is 3. The lowest BCUT2D eigenvalue weighted by atomic mass is 9.95. The topological polar surface area (TPSA) is 38.7 Å². The summed E-state index contributed by atoms with van der Waals surface area (Å²) in [4.78, 5) is 13.9. The van der Waals surface area contributed by atoms with Crippen LogP contribution in [0.25, 0.3) is 0 Å². The average molecular weight is 202 g/mol. The minimum absolute atomic E-state index is 0.487. The van der Waals surface area contributed by atoms with Crippen LogP contribution < -0.4 is 0 Å². The van der Waals surface area contributed by atoms with Crippen LogP contribution in [0.15, 0.2) is 16.8 Å². The highest BCUT2D eigenvalue weighted by atomic mass is 35.5. The maximum atomic E-state index is 10.5. The molecule has 1 heterocycles. The maximum Gasteiger partial charge on any atom is 0.209 e. The number of nitrogens with zero attached hydrogens (tertiary/aromatic N) is 1. The molecule has 0 fully saturated rings. The summed E-state index contributed by atoms with van der Waals surface area (Å²) in [6.45, 7) is 1.94. The van der Waals surface area contributed by atoms with E-state index in [9.17, 15) is 4.79 Å². The molecule has 0 spiro atoms. The largest absolute Gasteiger partial charge is 0.483 e. The zero-order valence-corrected chi connectivity index (χ0v) is 8.47. The van der Waals surface area contributed by atoms with Gasteiger partial charge in [0.25, 0.3) is 0 Å². The van der Waals surface area contributed by atoms with Crippen LogP contribution in [0.4, 0.5) is 0 Å². The van der Waals surface area contributed by atoms with E-state index in [4.69, 9.17) is 16.3 Å². The van der Waals surface area contributed by atoms with Crippen molar-refractivity contribution in [1.82, 2.24) is 0 Å². The van der Waals surface area contributed by atoms with Gasteiger partial charge in [0, 0.05) is 18.2 Å². The monoisotopic (exact) mass is 201 g/mol. The number of alkyl halides is 1. The van der Waals surface area contributed by atoms with Gasteiger partial charge in [-0.15, -0.1) is 11.6 Å². The minimum atomic E-state index is -0.639. The molecule has 0 saturated heterocycles. The lowest BCUT2D eigenvalue weighted by Crippen LogP contribution is -2.35.